The lowest BCUT2D eigenvalue weighted by Crippen LogP contribution is -2.37. The van der Waals surface area contributed by atoms with Crippen molar-refractivity contribution < 1.29 is 4.74 Å². The Kier molecular flexibility index (Phi) is 5.29. The average molecular weight is 366 g/mol. The lowest BCUT2D eigenvalue weighted by molar-refractivity contribution is 0.122. The van der Waals surface area contributed by atoms with Crippen molar-refractivity contribution >= 4 is 16.9 Å². The second-order valence-corrected chi connectivity index (χ2v) is 6.94. The van der Waals surface area contributed by atoms with Gasteiger partial charge in [0.15, 0.2) is 5.82 Å². The van der Waals surface area contributed by atoms with Gasteiger partial charge in [-0.25, -0.2) is 9.97 Å². The van der Waals surface area contributed by atoms with Gasteiger partial charge in [0, 0.05) is 39.0 Å². The summed E-state index contributed by atoms with van der Waals surface area (Å²) in [6.45, 7) is 5.34. The predicted molar refractivity (Wildman–Crippen MR) is 105 cm³/mol. The van der Waals surface area contributed by atoms with Crippen LogP contribution in [0.15, 0.2) is 24.5 Å². The SMILES string of the molecule is CCCc1nn(C)c2c(N3CCOCC3)nc(CCc3cccnc3)nc12. The molecule has 3 aromatic heterocycles. The van der Waals surface area contributed by atoms with Gasteiger partial charge in [-0.15, -0.1) is 0 Å². The van der Waals surface area contributed by atoms with E-state index in [1.807, 2.05) is 24.0 Å². The van der Waals surface area contributed by atoms with E-state index in [0.29, 0.717) is 0 Å². The topological polar surface area (TPSA) is 69.0 Å². The van der Waals surface area contributed by atoms with Gasteiger partial charge in [-0.05, 0) is 24.5 Å². The van der Waals surface area contributed by atoms with Crippen molar-refractivity contribution in [2.45, 2.75) is 32.6 Å². The van der Waals surface area contributed by atoms with Crippen LogP contribution in [0.5, 0.6) is 0 Å². The number of rotatable bonds is 6. The van der Waals surface area contributed by atoms with Crippen molar-refractivity contribution in [2.75, 3.05) is 31.2 Å². The second-order valence-electron chi connectivity index (χ2n) is 6.94. The third-order valence-corrected chi connectivity index (χ3v) is 4.94. The first-order valence-corrected chi connectivity index (χ1v) is 9.70. The Bertz CT molecular complexity index is 902. The summed E-state index contributed by atoms with van der Waals surface area (Å²) >= 11 is 0. The van der Waals surface area contributed by atoms with E-state index in [4.69, 9.17) is 19.8 Å². The Morgan fingerprint density at radius 3 is 2.70 bits per heavy atom. The highest BCUT2D eigenvalue weighted by Crippen LogP contribution is 2.27. The molecule has 27 heavy (non-hydrogen) atoms. The highest BCUT2D eigenvalue weighted by molar-refractivity contribution is 5.88. The zero-order valence-corrected chi connectivity index (χ0v) is 16.1. The molecule has 1 saturated heterocycles. The molecule has 1 aliphatic rings. The Labute approximate surface area is 159 Å². The van der Waals surface area contributed by atoms with Crippen LogP contribution in [0.25, 0.3) is 11.0 Å². The van der Waals surface area contributed by atoms with Crippen molar-refractivity contribution in [3.8, 4) is 0 Å². The smallest absolute Gasteiger partial charge is 0.158 e. The molecular weight excluding hydrogens is 340 g/mol. The second kappa shape index (κ2) is 8.00. The number of hydrogen-bond donors (Lipinski definition) is 0. The molecule has 7 nitrogen and oxygen atoms in total. The highest BCUT2D eigenvalue weighted by atomic mass is 16.5. The van der Waals surface area contributed by atoms with Crippen molar-refractivity contribution in [1.29, 1.82) is 0 Å². The van der Waals surface area contributed by atoms with Gasteiger partial charge in [0.25, 0.3) is 0 Å². The first-order chi connectivity index (χ1) is 13.3. The van der Waals surface area contributed by atoms with Gasteiger partial charge < -0.3 is 9.64 Å². The number of aromatic nitrogens is 5. The Balaban J connectivity index is 1.73. The maximum Gasteiger partial charge on any atom is 0.158 e. The summed E-state index contributed by atoms with van der Waals surface area (Å²) < 4.78 is 7.47. The average Bonchev–Trinajstić information content (AvgIpc) is 3.03. The molecule has 0 aromatic carbocycles. The number of morpholine rings is 1. The largest absolute Gasteiger partial charge is 0.378 e. The molecule has 0 amide bonds. The van der Waals surface area contributed by atoms with Crippen molar-refractivity contribution in [1.82, 2.24) is 24.7 Å². The van der Waals surface area contributed by atoms with E-state index in [-0.39, 0.29) is 0 Å². The summed E-state index contributed by atoms with van der Waals surface area (Å²) in [5.74, 6) is 1.86. The number of ether oxygens (including phenoxy) is 1. The van der Waals surface area contributed by atoms with E-state index in [0.717, 1.165) is 80.4 Å². The normalized spacial score (nSPS) is 14.8. The molecule has 0 saturated carbocycles. The standard InChI is InChI=1S/C20H26N6O/c1-3-5-16-18-19(25(2)24-16)20(26-10-12-27-13-11-26)23-17(22-18)8-7-15-6-4-9-21-14-15/h4,6,9,14H,3,5,7-8,10-13H2,1-2H3. The molecule has 0 radical (unpaired) electrons. The highest BCUT2D eigenvalue weighted by Gasteiger charge is 2.22. The number of aryl methyl sites for hydroxylation is 4. The van der Waals surface area contributed by atoms with E-state index < -0.39 is 0 Å². The van der Waals surface area contributed by atoms with Gasteiger partial charge in [0.2, 0.25) is 0 Å². The molecule has 1 aliphatic heterocycles. The van der Waals surface area contributed by atoms with Crippen LogP contribution in [-0.4, -0.2) is 51.0 Å². The van der Waals surface area contributed by atoms with Crippen molar-refractivity contribution in [3.63, 3.8) is 0 Å². The molecule has 7 heteroatoms. The number of fused-ring (bicyclic) bond motifs is 1. The van der Waals surface area contributed by atoms with Gasteiger partial charge in [0.05, 0.1) is 18.9 Å². The Morgan fingerprint density at radius 1 is 1.11 bits per heavy atom. The van der Waals surface area contributed by atoms with E-state index in [1.165, 1.54) is 5.56 Å². The van der Waals surface area contributed by atoms with Crippen LogP contribution in [0.1, 0.15) is 30.4 Å². The van der Waals surface area contributed by atoms with Crippen molar-refractivity contribution in [2.24, 2.45) is 7.05 Å². The molecule has 0 aliphatic carbocycles. The first kappa shape index (κ1) is 17.9. The minimum absolute atomic E-state index is 0.732. The number of nitrogens with zero attached hydrogens (tertiary/aromatic N) is 6. The summed E-state index contributed by atoms with van der Waals surface area (Å²) in [7, 11) is 1.99. The molecule has 0 bridgehead atoms. The number of pyridine rings is 1. The zero-order chi connectivity index (χ0) is 18.6. The van der Waals surface area contributed by atoms with Gasteiger partial charge >= 0.3 is 0 Å². The molecule has 0 atom stereocenters. The van der Waals surface area contributed by atoms with E-state index in [9.17, 15) is 0 Å². The molecule has 0 spiro atoms. The summed E-state index contributed by atoms with van der Waals surface area (Å²) in [6, 6.07) is 4.07. The maximum atomic E-state index is 5.53. The summed E-state index contributed by atoms with van der Waals surface area (Å²) in [5.41, 5.74) is 4.30. The van der Waals surface area contributed by atoms with Crippen LogP contribution in [0.3, 0.4) is 0 Å². The van der Waals surface area contributed by atoms with Gasteiger partial charge in [-0.1, -0.05) is 19.4 Å². The van der Waals surface area contributed by atoms with E-state index >= 15 is 0 Å². The Morgan fingerprint density at radius 2 is 1.96 bits per heavy atom. The molecule has 0 unspecified atom stereocenters. The van der Waals surface area contributed by atoms with Crippen LogP contribution in [0, 0.1) is 0 Å². The molecule has 0 N–H and O–H groups in total. The van der Waals surface area contributed by atoms with E-state index in [1.54, 1.807) is 6.20 Å². The van der Waals surface area contributed by atoms with Gasteiger partial charge in [-0.2, -0.15) is 5.10 Å². The zero-order valence-electron chi connectivity index (χ0n) is 16.1. The fraction of sp³-hybridized carbons (Fsp3) is 0.500. The predicted octanol–water partition coefficient (Wildman–Crippen LogP) is 2.33. The quantitative estimate of drug-likeness (QED) is 0.667. The van der Waals surface area contributed by atoms with Crippen LogP contribution in [0.4, 0.5) is 5.82 Å². The van der Waals surface area contributed by atoms with Gasteiger partial charge in [0.1, 0.15) is 16.9 Å². The van der Waals surface area contributed by atoms with Gasteiger partial charge in [-0.3, -0.25) is 9.67 Å². The minimum Gasteiger partial charge on any atom is -0.378 e. The first-order valence-electron chi connectivity index (χ1n) is 9.70. The molecule has 4 heterocycles. The van der Waals surface area contributed by atoms with Crippen LogP contribution >= 0.6 is 0 Å². The van der Waals surface area contributed by atoms with Crippen LogP contribution in [-0.2, 0) is 31.0 Å². The minimum atomic E-state index is 0.732. The number of anilines is 1. The fourth-order valence-electron chi connectivity index (χ4n) is 3.58. The molecular formula is C20H26N6O. The number of hydrogen-bond acceptors (Lipinski definition) is 6. The monoisotopic (exact) mass is 366 g/mol. The third kappa shape index (κ3) is 3.78. The molecule has 142 valence electrons. The fourth-order valence-corrected chi connectivity index (χ4v) is 3.58. The van der Waals surface area contributed by atoms with Crippen molar-refractivity contribution in [3.05, 3.63) is 41.6 Å². The van der Waals surface area contributed by atoms with E-state index in [2.05, 4.69) is 22.9 Å². The molecule has 3 aromatic rings. The Hall–Kier alpha value is -2.54. The maximum absolute atomic E-state index is 5.53. The summed E-state index contributed by atoms with van der Waals surface area (Å²) in [6.07, 6.45) is 7.36. The summed E-state index contributed by atoms with van der Waals surface area (Å²) in [5, 5.41) is 4.74. The van der Waals surface area contributed by atoms with Crippen LogP contribution < -0.4 is 4.90 Å². The third-order valence-electron chi connectivity index (χ3n) is 4.94. The molecule has 4 rings (SSSR count). The lowest BCUT2D eigenvalue weighted by Gasteiger charge is -2.28. The summed E-state index contributed by atoms with van der Waals surface area (Å²) in [4.78, 5) is 16.4. The lowest BCUT2D eigenvalue weighted by atomic mass is 10.1. The molecule has 1 fully saturated rings. The van der Waals surface area contributed by atoms with Crippen LogP contribution in [0.2, 0.25) is 0 Å².